The molecule has 1 aliphatic heterocycles. The number of hydrogen-bond donors (Lipinski definition) is 0. The van der Waals surface area contributed by atoms with Gasteiger partial charge in [0.1, 0.15) is 6.10 Å². The molecule has 1 aliphatic rings. The van der Waals surface area contributed by atoms with Crippen LogP contribution in [-0.4, -0.2) is 36.0 Å². The maximum absolute atomic E-state index is 12.5. The molecule has 2 rings (SSSR count). The van der Waals surface area contributed by atoms with Gasteiger partial charge in [-0.05, 0) is 23.8 Å². The second kappa shape index (κ2) is 8.00. The van der Waals surface area contributed by atoms with E-state index >= 15 is 0 Å². The molecule has 0 N–H and O–H groups in total. The lowest BCUT2D eigenvalue weighted by Gasteiger charge is -2.30. The van der Waals surface area contributed by atoms with E-state index < -0.39 is 17.7 Å². The average Bonchev–Trinajstić information content (AvgIpc) is 2.59. The number of alkyl halides is 3. The van der Waals surface area contributed by atoms with Gasteiger partial charge in [-0.25, -0.2) is 4.79 Å². The quantitative estimate of drug-likeness (QED) is 0.615. The highest BCUT2D eigenvalue weighted by Gasteiger charge is 2.29. The summed E-state index contributed by atoms with van der Waals surface area (Å²) in [6.07, 6.45) is 0.388. The van der Waals surface area contributed by atoms with Crippen molar-refractivity contribution in [2.75, 3.05) is 13.1 Å². The van der Waals surface area contributed by atoms with Gasteiger partial charge in [0.2, 0.25) is 5.91 Å². The largest absolute Gasteiger partial charge is 0.459 e. The highest BCUT2D eigenvalue weighted by molar-refractivity contribution is 5.91. The van der Waals surface area contributed by atoms with Crippen molar-refractivity contribution in [2.45, 2.75) is 25.1 Å². The highest BCUT2D eigenvalue weighted by Crippen LogP contribution is 2.29. The Balaban J connectivity index is 1.87. The predicted molar refractivity (Wildman–Crippen MR) is 86.4 cm³/mol. The Labute approximate surface area is 143 Å². The molecule has 0 saturated carbocycles. The van der Waals surface area contributed by atoms with Crippen molar-refractivity contribution in [2.24, 2.45) is 0 Å². The molecule has 0 aromatic heterocycles. The first-order valence-electron chi connectivity index (χ1n) is 7.77. The van der Waals surface area contributed by atoms with E-state index in [1.165, 1.54) is 24.3 Å². The molecular weight excluding hydrogens is 335 g/mol. The van der Waals surface area contributed by atoms with Gasteiger partial charge in [-0.15, -0.1) is 0 Å². The van der Waals surface area contributed by atoms with Crippen LogP contribution in [0.1, 0.15) is 24.0 Å². The lowest BCUT2D eigenvalue weighted by molar-refractivity contribution is -0.146. The first kappa shape index (κ1) is 18.8. The van der Waals surface area contributed by atoms with Crippen LogP contribution in [0, 0.1) is 0 Å². The van der Waals surface area contributed by atoms with E-state index in [9.17, 15) is 22.8 Å². The molecule has 0 bridgehead atoms. The number of ether oxygens (including phenoxy) is 1. The number of benzene rings is 1. The van der Waals surface area contributed by atoms with E-state index in [2.05, 4.69) is 6.58 Å². The van der Waals surface area contributed by atoms with Crippen LogP contribution in [0.2, 0.25) is 0 Å². The number of piperidine rings is 1. The molecule has 1 heterocycles. The second-order valence-electron chi connectivity index (χ2n) is 5.62. The number of amides is 1. The molecule has 1 saturated heterocycles. The highest BCUT2D eigenvalue weighted by atomic mass is 19.4. The normalized spacial score (nSPS) is 16.0. The number of nitrogens with zero attached hydrogens (tertiary/aromatic N) is 1. The summed E-state index contributed by atoms with van der Waals surface area (Å²) in [6, 6.07) is 4.58. The third-order valence-electron chi connectivity index (χ3n) is 3.86. The molecule has 0 spiro atoms. The molecule has 1 amide bonds. The summed E-state index contributed by atoms with van der Waals surface area (Å²) in [4.78, 5) is 24.9. The van der Waals surface area contributed by atoms with Gasteiger partial charge >= 0.3 is 12.1 Å². The summed E-state index contributed by atoms with van der Waals surface area (Å²) >= 11 is 0. The zero-order valence-electron chi connectivity index (χ0n) is 13.5. The zero-order chi connectivity index (χ0) is 18.4. The summed E-state index contributed by atoms with van der Waals surface area (Å²) in [5.41, 5.74) is -0.219. The zero-order valence-corrected chi connectivity index (χ0v) is 13.5. The van der Waals surface area contributed by atoms with Crippen molar-refractivity contribution >= 4 is 18.0 Å². The molecule has 0 atom stereocenters. The third-order valence-corrected chi connectivity index (χ3v) is 3.86. The average molecular weight is 353 g/mol. The van der Waals surface area contributed by atoms with Gasteiger partial charge in [0.15, 0.2) is 0 Å². The van der Waals surface area contributed by atoms with Crippen LogP contribution in [0.25, 0.3) is 6.08 Å². The van der Waals surface area contributed by atoms with Crippen molar-refractivity contribution in [3.8, 4) is 0 Å². The lowest BCUT2D eigenvalue weighted by atomic mass is 10.1. The Morgan fingerprint density at radius 2 is 1.76 bits per heavy atom. The molecule has 1 aromatic rings. The molecule has 1 fully saturated rings. The van der Waals surface area contributed by atoms with E-state index in [-0.39, 0.29) is 12.0 Å². The van der Waals surface area contributed by atoms with Crippen LogP contribution in [0.5, 0.6) is 0 Å². The van der Waals surface area contributed by atoms with Crippen molar-refractivity contribution in [1.82, 2.24) is 4.90 Å². The molecular formula is C18H18F3NO3. The van der Waals surface area contributed by atoms with Gasteiger partial charge in [-0.2, -0.15) is 13.2 Å². The molecule has 7 heteroatoms. The van der Waals surface area contributed by atoms with Gasteiger partial charge in [0.25, 0.3) is 0 Å². The number of carbonyl (C=O) groups is 2. The molecule has 0 unspecified atom stereocenters. The molecule has 25 heavy (non-hydrogen) atoms. The first-order valence-corrected chi connectivity index (χ1v) is 7.77. The van der Waals surface area contributed by atoms with Crippen LogP contribution in [0.3, 0.4) is 0 Å². The summed E-state index contributed by atoms with van der Waals surface area (Å²) in [5, 5.41) is 0. The van der Waals surface area contributed by atoms with Crippen molar-refractivity contribution in [3.05, 3.63) is 54.1 Å². The lowest BCUT2D eigenvalue weighted by Crippen LogP contribution is -2.40. The topological polar surface area (TPSA) is 46.6 Å². The molecule has 1 aromatic carbocycles. The van der Waals surface area contributed by atoms with E-state index in [0.717, 1.165) is 18.2 Å². The van der Waals surface area contributed by atoms with E-state index in [1.54, 1.807) is 4.90 Å². The van der Waals surface area contributed by atoms with Crippen LogP contribution >= 0.6 is 0 Å². The first-order chi connectivity index (χ1) is 11.8. The van der Waals surface area contributed by atoms with E-state index in [1.807, 2.05) is 0 Å². The Bertz CT molecular complexity index is 657. The standard InChI is InChI=1S/C18H18F3NO3/c1-2-17(24)25-15-9-11-22(12-10-15)16(23)8-5-13-3-6-14(7-4-13)18(19,20)21/h2-8,15H,1,9-12H2/b8-5+. The predicted octanol–water partition coefficient (Wildman–Crippen LogP) is 3.44. The Kier molecular flexibility index (Phi) is 6.01. The Morgan fingerprint density at radius 1 is 1.16 bits per heavy atom. The van der Waals surface area contributed by atoms with Crippen LogP contribution in [0.15, 0.2) is 43.0 Å². The summed E-state index contributed by atoms with van der Waals surface area (Å²) in [7, 11) is 0. The number of carbonyl (C=O) groups excluding carboxylic acids is 2. The van der Waals surface area contributed by atoms with Crippen LogP contribution < -0.4 is 0 Å². The minimum Gasteiger partial charge on any atom is -0.459 e. The third kappa shape index (κ3) is 5.48. The van der Waals surface area contributed by atoms with E-state index in [4.69, 9.17) is 4.74 Å². The van der Waals surface area contributed by atoms with Crippen molar-refractivity contribution in [3.63, 3.8) is 0 Å². The van der Waals surface area contributed by atoms with Gasteiger partial charge in [-0.1, -0.05) is 18.7 Å². The number of halogens is 3. The molecule has 134 valence electrons. The monoisotopic (exact) mass is 353 g/mol. The maximum atomic E-state index is 12.5. The SMILES string of the molecule is C=CC(=O)OC1CCN(C(=O)/C=C/c2ccc(C(F)(F)F)cc2)CC1. The second-order valence-corrected chi connectivity index (χ2v) is 5.62. The Hall–Kier alpha value is -2.57. The van der Waals surface area contributed by atoms with E-state index in [0.29, 0.717) is 31.5 Å². The number of hydrogen-bond acceptors (Lipinski definition) is 3. The number of esters is 1. The minimum atomic E-state index is -4.38. The van der Waals surface area contributed by atoms with Gasteiger partial charge < -0.3 is 9.64 Å². The van der Waals surface area contributed by atoms with Gasteiger partial charge in [-0.3, -0.25) is 4.79 Å². The number of rotatable bonds is 4. The Morgan fingerprint density at radius 3 is 2.28 bits per heavy atom. The van der Waals surface area contributed by atoms with Gasteiger partial charge in [0.05, 0.1) is 5.56 Å². The van der Waals surface area contributed by atoms with Crippen molar-refractivity contribution < 1.29 is 27.5 Å². The molecule has 4 nitrogen and oxygen atoms in total. The maximum Gasteiger partial charge on any atom is 0.416 e. The van der Waals surface area contributed by atoms with Gasteiger partial charge in [0, 0.05) is 38.1 Å². The summed E-state index contributed by atoms with van der Waals surface area (Å²) in [5.74, 6) is -0.708. The minimum absolute atomic E-state index is 0.228. The van der Waals surface area contributed by atoms with Crippen molar-refractivity contribution in [1.29, 1.82) is 0 Å². The number of likely N-dealkylation sites (tertiary alicyclic amines) is 1. The fraction of sp³-hybridized carbons (Fsp3) is 0.333. The fourth-order valence-electron chi connectivity index (χ4n) is 2.46. The summed E-state index contributed by atoms with van der Waals surface area (Å²) in [6.45, 7) is 4.23. The smallest absolute Gasteiger partial charge is 0.416 e. The molecule has 0 radical (unpaired) electrons. The van der Waals surface area contributed by atoms with Crippen LogP contribution in [-0.2, 0) is 20.5 Å². The fourth-order valence-corrected chi connectivity index (χ4v) is 2.46. The van der Waals surface area contributed by atoms with Crippen LogP contribution in [0.4, 0.5) is 13.2 Å². The molecule has 0 aliphatic carbocycles. The summed E-state index contributed by atoms with van der Waals surface area (Å²) < 4.78 is 42.6.